The van der Waals surface area contributed by atoms with Gasteiger partial charge in [-0.1, -0.05) is 30.3 Å². The van der Waals surface area contributed by atoms with Gasteiger partial charge in [-0.05, 0) is 18.5 Å². The van der Waals surface area contributed by atoms with Gasteiger partial charge in [-0.3, -0.25) is 10.2 Å². The molecule has 22 heavy (non-hydrogen) atoms. The highest BCUT2D eigenvalue weighted by molar-refractivity contribution is 7.13. The van der Waals surface area contributed by atoms with Crippen LogP contribution in [0, 0.1) is 5.92 Å². The fraction of sp³-hybridized carbons (Fsp3) is 0.375. The van der Waals surface area contributed by atoms with E-state index in [-0.39, 0.29) is 6.10 Å². The molecule has 2 aliphatic heterocycles. The third-order valence-corrected chi connectivity index (χ3v) is 5.23. The van der Waals surface area contributed by atoms with Gasteiger partial charge in [-0.25, -0.2) is 9.78 Å². The molecule has 3 atom stereocenters. The molecule has 0 radical (unpaired) electrons. The van der Waals surface area contributed by atoms with E-state index in [0.717, 1.165) is 36.5 Å². The van der Waals surface area contributed by atoms with Gasteiger partial charge in [0.25, 0.3) is 0 Å². The number of anilines is 1. The molecule has 2 saturated heterocycles. The van der Waals surface area contributed by atoms with Crippen molar-refractivity contribution in [1.82, 2.24) is 9.88 Å². The molecule has 1 N–H and O–H groups in total. The zero-order valence-electron chi connectivity index (χ0n) is 12.1. The lowest BCUT2D eigenvalue weighted by Crippen LogP contribution is -2.33. The average molecular weight is 315 g/mol. The van der Waals surface area contributed by atoms with Crippen molar-refractivity contribution in [2.24, 2.45) is 5.92 Å². The monoisotopic (exact) mass is 315 g/mol. The molecule has 3 heterocycles. The predicted octanol–water partition coefficient (Wildman–Crippen LogP) is 3.06. The normalized spacial score (nSPS) is 26.1. The van der Waals surface area contributed by atoms with Crippen LogP contribution in [0.3, 0.4) is 0 Å². The Morgan fingerprint density at radius 1 is 1.32 bits per heavy atom. The van der Waals surface area contributed by atoms with Crippen molar-refractivity contribution >= 4 is 23.2 Å². The first-order valence-electron chi connectivity index (χ1n) is 7.48. The second kappa shape index (κ2) is 5.70. The highest BCUT2D eigenvalue weighted by Crippen LogP contribution is 2.32. The Labute approximate surface area is 132 Å². The molecule has 2 fully saturated rings. The van der Waals surface area contributed by atoms with Gasteiger partial charge in [0, 0.05) is 19.0 Å². The first kappa shape index (κ1) is 13.7. The Balaban J connectivity index is 1.43. The minimum atomic E-state index is -0.401. The van der Waals surface area contributed by atoms with Crippen LogP contribution in [0.2, 0.25) is 0 Å². The van der Waals surface area contributed by atoms with Gasteiger partial charge in [0.05, 0.1) is 10.4 Å². The summed E-state index contributed by atoms with van der Waals surface area (Å²) in [5, 5.41) is 2.80. The lowest BCUT2D eigenvalue weighted by Gasteiger charge is -2.22. The van der Waals surface area contributed by atoms with E-state index < -0.39 is 6.09 Å². The summed E-state index contributed by atoms with van der Waals surface area (Å²) in [6.45, 7) is 3.06. The first-order chi connectivity index (χ1) is 10.8. The number of thiazole rings is 1. The molecule has 2 aromatic rings. The summed E-state index contributed by atoms with van der Waals surface area (Å²) in [6.07, 6.45) is 0.749. The Hall–Kier alpha value is -1.92. The summed E-state index contributed by atoms with van der Waals surface area (Å²) in [5.41, 5.74) is 2.78. The number of nitrogens with zero attached hydrogens (tertiary/aromatic N) is 2. The van der Waals surface area contributed by atoms with Crippen LogP contribution in [0.25, 0.3) is 10.4 Å². The summed E-state index contributed by atoms with van der Waals surface area (Å²) in [4.78, 5) is 19.7. The van der Waals surface area contributed by atoms with E-state index in [1.165, 1.54) is 11.3 Å². The van der Waals surface area contributed by atoms with E-state index in [9.17, 15) is 4.79 Å². The summed E-state index contributed by atoms with van der Waals surface area (Å²) in [6, 6.07) is 9.93. The van der Waals surface area contributed by atoms with Gasteiger partial charge in [-0.2, -0.15) is 0 Å². The Kier molecular flexibility index (Phi) is 3.56. The lowest BCUT2D eigenvalue weighted by atomic mass is 10.0. The van der Waals surface area contributed by atoms with Crippen LogP contribution in [0.1, 0.15) is 6.42 Å². The molecule has 114 valence electrons. The summed E-state index contributed by atoms with van der Waals surface area (Å²) < 4.78 is 5.58. The highest BCUT2D eigenvalue weighted by atomic mass is 32.1. The van der Waals surface area contributed by atoms with Crippen molar-refractivity contribution in [3.05, 3.63) is 35.8 Å². The molecule has 1 amide bonds. The first-order valence-corrected chi connectivity index (χ1v) is 8.36. The van der Waals surface area contributed by atoms with Crippen molar-refractivity contribution in [2.45, 2.75) is 12.5 Å². The van der Waals surface area contributed by atoms with E-state index in [1.54, 1.807) is 5.51 Å². The van der Waals surface area contributed by atoms with Crippen LogP contribution in [-0.4, -0.2) is 41.7 Å². The summed E-state index contributed by atoms with van der Waals surface area (Å²) >= 11 is 1.51. The largest absolute Gasteiger partial charge is 0.444 e. The molecule has 3 unspecified atom stereocenters. The topological polar surface area (TPSA) is 54.5 Å². The zero-order valence-corrected chi connectivity index (χ0v) is 12.9. The molecule has 2 bridgehead atoms. The molecule has 6 heteroatoms. The van der Waals surface area contributed by atoms with Crippen LogP contribution in [0.4, 0.5) is 10.6 Å². The molecule has 2 aliphatic rings. The molecule has 0 spiro atoms. The van der Waals surface area contributed by atoms with Crippen LogP contribution in [-0.2, 0) is 4.74 Å². The van der Waals surface area contributed by atoms with Crippen molar-refractivity contribution in [3.63, 3.8) is 0 Å². The maximum atomic E-state index is 12.1. The fourth-order valence-electron chi connectivity index (χ4n) is 3.26. The predicted molar refractivity (Wildman–Crippen MR) is 86.0 cm³/mol. The van der Waals surface area contributed by atoms with E-state index in [0.29, 0.717) is 11.7 Å². The summed E-state index contributed by atoms with van der Waals surface area (Å²) in [7, 11) is 0. The highest BCUT2D eigenvalue weighted by Gasteiger charge is 2.40. The third-order valence-electron chi connectivity index (χ3n) is 4.36. The van der Waals surface area contributed by atoms with Gasteiger partial charge in [0.15, 0.2) is 5.82 Å². The number of fused-ring (bicyclic) bond motifs is 2. The maximum absolute atomic E-state index is 12.1. The van der Waals surface area contributed by atoms with E-state index in [2.05, 4.69) is 15.2 Å². The number of ether oxygens (including phenoxy) is 1. The Bertz CT molecular complexity index is 673. The SMILES string of the molecule is O=C(Nc1ncsc1-c1ccccc1)OC1CN2CCC1C2. The van der Waals surface area contributed by atoms with Gasteiger partial charge in [-0.15, -0.1) is 11.3 Å². The standard InChI is InChI=1S/C16H17N3O2S/c20-16(21-13-9-19-7-6-12(13)8-19)18-15-14(22-10-17-15)11-4-2-1-3-5-11/h1-5,10,12-13H,6-9H2,(H,18,20). The number of hydrogen-bond acceptors (Lipinski definition) is 5. The second-order valence-corrected chi connectivity index (χ2v) is 6.63. The molecule has 1 aromatic carbocycles. The smallest absolute Gasteiger partial charge is 0.413 e. The van der Waals surface area contributed by atoms with Crippen molar-refractivity contribution < 1.29 is 9.53 Å². The van der Waals surface area contributed by atoms with Crippen LogP contribution in [0.5, 0.6) is 0 Å². The van der Waals surface area contributed by atoms with Crippen molar-refractivity contribution in [2.75, 3.05) is 25.0 Å². The molecule has 4 rings (SSSR count). The number of nitrogens with one attached hydrogen (secondary N) is 1. The minimum Gasteiger partial charge on any atom is -0.444 e. The van der Waals surface area contributed by atoms with E-state index in [4.69, 9.17) is 4.74 Å². The van der Waals surface area contributed by atoms with Crippen molar-refractivity contribution in [1.29, 1.82) is 0 Å². The van der Waals surface area contributed by atoms with Gasteiger partial charge < -0.3 is 4.74 Å². The number of carbonyl (C=O) groups excluding carboxylic acids is 1. The van der Waals surface area contributed by atoms with Gasteiger partial charge >= 0.3 is 6.09 Å². The van der Waals surface area contributed by atoms with Crippen molar-refractivity contribution in [3.8, 4) is 10.4 Å². The number of rotatable bonds is 3. The lowest BCUT2D eigenvalue weighted by molar-refractivity contribution is 0.0792. The zero-order chi connectivity index (χ0) is 14.9. The van der Waals surface area contributed by atoms with E-state index >= 15 is 0 Å². The molecular formula is C16H17N3O2S. The quantitative estimate of drug-likeness (QED) is 0.946. The molecule has 5 nitrogen and oxygen atoms in total. The minimum absolute atomic E-state index is 0.0209. The van der Waals surface area contributed by atoms with E-state index in [1.807, 2.05) is 30.3 Å². The number of piperidine rings is 1. The molecule has 0 saturated carbocycles. The van der Waals surface area contributed by atoms with Crippen LogP contribution < -0.4 is 5.32 Å². The van der Waals surface area contributed by atoms with Crippen LogP contribution >= 0.6 is 11.3 Å². The number of amides is 1. The van der Waals surface area contributed by atoms with Gasteiger partial charge in [0.1, 0.15) is 6.10 Å². The second-order valence-electron chi connectivity index (χ2n) is 5.77. The molecule has 0 aliphatic carbocycles. The average Bonchev–Trinajstić information content (AvgIpc) is 3.24. The maximum Gasteiger partial charge on any atom is 0.413 e. The Morgan fingerprint density at radius 3 is 2.91 bits per heavy atom. The third kappa shape index (κ3) is 2.60. The number of aromatic nitrogens is 1. The number of benzene rings is 1. The Morgan fingerprint density at radius 2 is 2.18 bits per heavy atom. The molecule has 1 aromatic heterocycles. The van der Waals surface area contributed by atoms with Crippen LogP contribution in [0.15, 0.2) is 35.8 Å². The molecular weight excluding hydrogens is 298 g/mol. The van der Waals surface area contributed by atoms with Gasteiger partial charge in [0.2, 0.25) is 0 Å². The number of carbonyl (C=O) groups is 1. The fourth-order valence-corrected chi connectivity index (χ4v) is 4.01. The summed E-state index contributed by atoms with van der Waals surface area (Å²) in [5.74, 6) is 1.07. The number of hydrogen-bond donors (Lipinski definition) is 1.